The second-order valence-electron chi connectivity index (χ2n) is 2.97. The zero-order valence-corrected chi connectivity index (χ0v) is 10.6. The van der Waals surface area contributed by atoms with Crippen LogP contribution in [0, 0.1) is 0 Å². The molecule has 0 aliphatic heterocycles. The van der Waals surface area contributed by atoms with E-state index in [0.717, 1.165) is 4.47 Å². The first-order valence-corrected chi connectivity index (χ1v) is 5.26. The fraction of sp³-hybridized carbons (Fsp3) is 0.182. The molecule has 0 aromatic heterocycles. The van der Waals surface area contributed by atoms with E-state index in [0.29, 0.717) is 17.1 Å². The van der Waals surface area contributed by atoms with Crippen LogP contribution in [0.4, 0.5) is 0 Å². The quantitative estimate of drug-likeness (QED) is 0.861. The summed E-state index contributed by atoms with van der Waals surface area (Å²) in [6.07, 6.45) is 2.85. The highest BCUT2D eigenvalue weighted by Crippen LogP contribution is 2.35. The van der Waals surface area contributed by atoms with E-state index >= 15 is 0 Å². The van der Waals surface area contributed by atoms with E-state index in [1.54, 1.807) is 25.3 Å². The maximum atomic E-state index is 10.7. The summed E-state index contributed by atoms with van der Waals surface area (Å²) in [6.45, 7) is 0. The molecule has 0 saturated heterocycles. The molecule has 0 fully saturated rings. The molecule has 16 heavy (non-hydrogen) atoms. The van der Waals surface area contributed by atoms with Crippen molar-refractivity contribution in [2.75, 3.05) is 14.2 Å². The molecule has 0 spiro atoms. The lowest BCUT2D eigenvalue weighted by Gasteiger charge is -2.10. The average Bonchev–Trinajstić information content (AvgIpc) is 2.25. The van der Waals surface area contributed by atoms with Crippen molar-refractivity contribution in [3.05, 3.63) is 28.2 Å². The Labute approximate surface area is 102 Å². The minimum absolute atomic E-state index is 0.513. The van der Waals surface area contributed by atoms with Crippen molar-refractivity contribution in [3.63, 3.8) is 0 Å². The van der Waals surface area contributed by atoms with Crippen molar-refractivity contribution in [1.82, 2.24) is 0 Å². The van der Waals surface area contributed by atoms with Crippen molar-refractivity contribution in [3.8, 4) is 11.5 Å². The molecule has 0 heterocycles. The molecule has 0 bridgehead atoms. The fourth-order valence-electron chi connectivity index (χ4n) is 1.25. The van der Waals surface area contributed by atoms with Gasteiger partial charge in [0.15, 0.2) is 11.5 Å². The highest BCUT2D eigenvalue weighted by atomic mass is 79.9. The Hall–Kier alpha value is -1.49. The molecule has 0 radical (unpaired) electrons. The number of carbonyl (C=O) groups is 1. The van der Waals surface area contributed by atoms with Crippen molar-refractivity contribution in [2.45, 2.75) is 0 Å². The highest BCUT2D eigenvalue weighted by molar-refractivity contribution is 9.10. The first kappa shape index (κ1) is 12.6. The first-order chi connectivity index (χ1) is 7.58. The number of halogens is 1. The molecule has 4 nitrogen and oxygen atoms in total. The maximum Gasteiger partial charge on any atom is 0.241 e. The van der Waals surface area contributed by atoms with E-state index < -0.39 is 5.91 Å². The Morgan fingerprint density at radius 3 is 2.56 bits per heavy atom. The molecular formula is C11H12BrNO3. The first-order valence-electron chi connectivity index (χ1n) is 4.47. The molecule has 1 aromatic carbocycles. The van der Waals surface area contributed by atoms with Crippen LogP contribution in [0.5, 0.6) is 11.5 Å². The van der Waals surface area contributed by atoms with Crippen molar-refractivity contribution >= 4 is 27.9 Å². The zero-order chi connectivity index (χ0) is 12.1. The van der Waals surface area contributed by atoms with Crippen molar-refractivity contribution < 1.29 is 14.3 Å². The monoisotopic (exact) mass is 285 g/mol. The molecule has 2 N–H and O–H groups in total. The zero-order valence-electron chi connectivity index (χ0n) is 8.99. The summed E-state index contributed by atoms with van der Waals surface area (Å²) in [6, 6.07) is 3.58. The Bertz CT molecular complexity index is 429. The predicted molar refractivity (Wildman–Crippen MR) is 65.5 cm³/mol. The van der Waals surface area contributed by atoms with E-state index in [4.69, 9.17) is 15.2 Å². The highest BCUT2D eigenvalue weighted by Gasteiger charge is 2.09. The summed E-state index contributed by atoms with van der Waals surface area (Å²) >= 11 is 3.34. The van der Waals surface area contributed by atoms with Gasteiger partial charge in [-0.2, -0.15) is 0 Å². The second-order valence-corrected chi connectivity index (χ2v) is 3.88. The van der Waals surface area contributed by atoms with Crippen LogP contribution in [-0.2, 0) is 4.79 Å². The summed E-state index contributed by atoms with van der Waals surface area (Å²) in [5.74, 6) is 0.630. The van der Waals surface area contributed by atoms with E-state index in [2.05, 4.69) is 15.9 Å². The number of carbonyl (C=O) groups excluding carboxylic acids is 1. The summed E-state index contributed by atoms with van der Waals surface area (Å²) in [4.78, 5) is 10.7. The Kier molecular flexibility index (Phi) is 4.37. The number of rotatable bonds is 4. The Balaban J connectivity index is 3.25. The molecule has 1 aromatic rings. The Morgan fingerprint density at radius 2 is 2.06 bits per heavy atom. The third-order valence-corrected chi connectivity index (χ3v) is 2.36. The molecular weight excluding hydrogens is 274 g/mol. The van der Waals surface area contributed by atoms with Gasteiger partial charge < -0.3 is 15.2 Å². The normalized spacial score (nSPS) is 10.4. The van der Waals surface area contributed by atoms with E-state index in [1.165, 1.54) is 13.2 Å². The van der Waals surface area contributed by atoms with Crippen LogP contribution in [-0.4, -0.2) is 20.1 Å². The number of hydrogen-bond acceptors (Lipinski definition) is 3. The summed E-state index contributed by atoms with van der Waals surface area (Å²) in [5, 5.41) is 0. The van der Waals surface area contributed by atoms with Crippen LogP contribution < -0.4 is 15.2 Å². The molecule has 86 valence electrons. The molecule has 0 unspecified atom stereocenters. The average molecular weight is 286 g/mol. The molecule has 1 amide bonds. The van der Waals surface area contributed by atoms with Gasteiger partial charge in [0.1, 0.15) is 0 Å². The lowest BCUT2D eigenvalue weighted by atomic mass is 10.1. The number of methoxy groups -OCH3 is 2. The fourth-order valence-corrected chi connectivity index (χ4v) is 1.71. The standard InChI is InChI=1S/C11H12BrNO3/c1-15-9-6-8(12)5-7(11(9)16-2)3-4-10(13)14/h3-6H,1-2H3,(H2,13,14)/b4-3-. The molecule has 0 atom stereocenters. The minimum Gasteiger partial charge on any atom is -0.493 e. The number of ether oxygens (including phenoxy) is 2. The number of benzene rings is 1. The lowest BCUT2D eigenvalue weighted by molar-refractivity contribution is -0.113. The van der Waals surface area contributed by atoms with Gasteiger partial charge in [0.05, 0.1) is 14.2 Å². The number of primary amides is 1. The van der Waals surface area contributed by atoms with Gasteiger partial charge in [-0.25, -0.2) is 0 Å². The molecule has 0 aliphatic rings. The predicted octanol–water partition coefficient (Wildman–Crippen LogP) is 1.96. The van der Waals surface area contributed by atoms with Crippen LogP contribution in [0.25, 0.3) is 6.08 Å². The Morgan fingerprint density at radius 1 is 1.38 bits per heavy atom. The van der Waals surface area contributed by atoms with Crippen LogP contribution in [0.3, 0.4) is 0 Å². The molecule has 1 rings (SSSR count). The van der Waals surface area contributed by atoms with Crippen molar-refractivity contribution in [2.24, 2.45) is 5.73 Å². The smallest absolute Gasteiger partial charge is 0.241 e. The van der Waals surface area contributed by atoms with E-state index in [-0.39, 0.29) is 0 Å². The summed E-state index contributed by atoms with van der Waals surface area (Å²) in [7, 11) is 3.08. The molecule has 0 saturated carbocycles. The van der Waals surface area contributed by atoms with Gasteiger partial charge in [0.25, 0.3) is 0 Å². The van der Waals surface area contributed by atoms with E-state index in [9.17, 15) is 4.79 Å². The summed E-state index contributed by atoms with van der Waals surface area (Å²) < 4.78 is 11.2. The molecule has 5 heteroatoms. The third-order valence-electron chi connectivity index (χ3n) is 1.90. The van der Waals surface area contributed by atoms with Gasteiger partial charge >= 0.3 is 0 Å². The van der Waals surface area contributed by atoms with Gasteiger partial charge in [-0.3, -0.25) is 4.79 Å². The largest absolute Gasteiger partial charge is 0.493 e. The van der Waals surface area contributed by atoms with Gasteiger partial charge in [-0.05, 0) is 18.2 Å². The topological polar surface area (TPSA) is 61.5 Å². The van der Waals surface area contributed by atoms with E-state index in [1.807, 2.05) is 0 Å². The van der Waals surface area contributed by atoms with Crippen LogP contribution in [0.15, 0.2) is 22.7 Å². The van der Waals surface area contributed by atoms with Gasteiger partial charge in [-0.15, -0.1) is 0 Å². The van der Waals surface area contributed by atoms with Gasteiger partial charge in [0.2, 0.25) is 5.91 Å². The van der Waals surface area contributed by atoms with Crippen LogP contribution >= 0.6 is 15.9 Å². The van der Waals surface area contributed by atoms with Crippen LogP contribution in [0.2, 0.25) is 0 Å². The summed E-state index contributed by atoms with van der Waals surface area (Å²) in [5.41, 5.74) is 5.75. The number of amides is 1. The SMILES string of the molecule is COc1cc(Br)cc(/C=C\C(N)=O)c1OC. The second kappa shape index (κ2) is 5.55. The number of nitrogens with two attached hydrogens (primary N) is 1. The maximum absolute atomic E-state index is 10.7. The minimum atomic E-state index is -0.513. The number of hydrogen-bond donors (Lipinski definition) is 1. The van der Waals surface area contributed by atoms with Crippen LogP contribution in [0.1, 0.15) is 5.56 Å². The lowest BCUT2D eigenvalue weighted by Crippen LogP contribution is -2.05. The van der Waals surface area contributed by atoms with Gasteiger partial charge in [-0.1, -0.05) is 15.9 Å². The molecule has 0 aliphatic carbocycles. The third kappa shape index (κ3) is 3.00. The van der Waals surface area contributed by atoms with Gasteiger partial charge in [0, 0.05) is 16.1 Å². The van der Waals surface area contributed by atoms with Crippen molar-refractivity contribution in [1.29, 1.82) is 0 Å².